The van der Waals surface area contributed by atoms with E-state index in [2.05, 4.69) is 15.3 Å². The normalized spacial score (nSPS) is 17.1. The van der Waals surface area contributed by atoms with Crippen LogP contribution in [0.5, 0.6) is 5.75 Å². The van der Waals surface area contributed by atoms with Crippen LogP contribution in [0.4, 0.5) is 5.95 Å². The van der Waals surface area contributed by atoms with Crippen LogP contribution in [-0.4, -0.2) is 20.6 Å². The smallest absolute Gasteiger partial charge is 0.212 e. The number of hydrogen-bond donors (Lipinski definition) is 3. The molecule has 6 heteroatoms. The molecule has 104 valence electrons. The molecule has 0 aliphatic carbocycles. The Morgan fingerprint density at radius 2 is 2.00 bits per heavy atom. The van der Waals surface area contributed by atoms with E-state index in [0.717, 1.165) is 16.6 Å². The van der Waals surface area contributed by atoms with Crippen LogP contribution in [-0.2, 0) is 0 Å². The number of benzene rings is 2. The lowest BCUT2D eigenvalue weighted by atomic mass is 10.1. The number of fused-ring (bicyclic) bond motifs is 3. The van der Waals surface area contributed by atoms with Crippen molar-refractivity contribution in [2.45, 2.75) is 6.17 Å². The van der Waals surface area contributed by atoms with Crippen LogP contribution in [0.1, 0.15) is 11.7 Å². The minimum Gasteiger partial charge on any atom is -0.508 e. The van der Waals surface area contributed by atoms with Gasteiger partial charge >= 0.3 is 0 Å². The molecular formula is C15H13N5O. The maximum absolute atomic E-state index is 9.70. The van der Waals surface area contributed by atoms with Gasteiger partial charge < -0.3 is 10.8 Å². The van der Waals surface area contributed by atoms with Gasteiger partial charge in [0.25, 0.3) is 0 Å². The molecule has 1 aromatic heterocycles. The van der Waals surface area contributed by atoms with Gasteiger partial charge in [-0.25, -0.2) is 9.98 Å². The fraction of sp³-hybridized carbons (Fsp3) is 0.0667. The Labute approximate surface area is 120 Å². The minimum atomic E-state index is -0.347. The third-order valence-electron chi connectivity index (χ3n) is 3.51. The molecule has 0 amide bonds. The third-order valence-corrected chi connectivity index (χ3v) is 3.51. The van der Waals surface area contributed by atoms with Crippen LogP contribution < -0.4 is 11.1 Å². The predicted molar refractivity (Wildman–Crippen MR) is 81.2 cm³/mol. The van der Waals surface area contributed by atoms with Gasteiger partial charge in [-0.3, -0.25) is 9.88 Å². The van der Waals surface area contributed by atoms with Crippen LogP contribution in [0.3, 0.4) is 0 Å². The molecular weight excluding hydrogens is 266 g/mol. The number of imidazole rings is 1. The van der Waals surface area contributed by atoms with Crippen LogP contribution in [0.25, 0.3) is 11.0 Å². The summed E-state index contributed by atoms with van der Waals surface area (Å²) in [7, 11) is 0. The third kappa shape index (κ3) is 1.80. The lowest BCUT2D eigenvalue weighted by Gasteiger charge is -2.23. The number of anilines is 1. The molecule has 0 fully saturated rings. The van der Waals surface area contributed by atoms with Gasteiger partial charge in [0.05, 0.1) is 11.0 Å². The highest BCUT2D eigenvalue weighted by atomic mass is 16.3. The number of aromatic hydroxyl groups is 1. The topological polar surface area (TPSA) is 88.5 Å². The number of nitrogens with zero attached hydrogens (tertiary/aromatic N) is 3. The number of aromatic nitrogens is 2. The molecule has 0 radical (unpaired) electrons. The Hall–Kier alpha value is -3.02. The van der Waals surface area contributed by atoms with Crippen molar-refractivity contribution < 1.29 is 5.11 Å². The average Bonchev–Trinajstić information content (AvgIpc) is 2.84. The average molecular weight is 279 g/mol. The van der Waals surface area contributed by atoms with Crippen LogP contribution in [0, 0.1) is 0 Å². The quantitative estimate of drug-likeness (QED) is 0.636. The maximum atomic E-state index is 9.70. The summed E-state index contributed by atoms with van der Waals surface area (Å²) in [6, 6.07) is 14.8. The molecule has 0 bridgehead atoms. The number of aliphatic imine (C=N–C) groups is 1. The first kappa shape index (κ1) is 11.8. The van der Waals surface area contributed by atoms with Gasteiger partial charge in [0, 0.05) is 5.56 Å². The molecule has 1 aliphatic rings. The highest BCUT2D eigenvalue weighted by Gasteiger charge is 2.24. The summed E-state index contributed by atoms with van der Waals surface area (Å²) in [5.41, 5.74) is 8.54. The Morgan fingerprint density at radius 3 is 2.86 bits per heavy atom. The van der Waals surface area contributed by atoms with E-state index in [1.807, 2.05) is 34.9 Å². The number of nitrogens with two attached hydrogens (primary N) is 1. The first-order chi connectivity index (χ1) is 10.2. The van der Waals surface area contributed by atoms with Crippen molar-refractivity contribution in [3.63, 3.8) is 0 Å². The van der Waals surface area contributed by atoms with Gasteiger partial charge in [-0.2, -0.15) is 0 Å². The van der Waals surface area contributed by atoms with E-state index in [1.54, 1.807) is 18.2 Å². The molecule has 0 saturated carbocycles. The van der Waals surface area contributed by atoms with E-state index in [1.165, 1.54) is 0 Å². The fourth-order valence-corrected chi connectivity index (χ4v) is 2.63. The number of para-hydroxylation sites is 2. The zero-order valence-electron chi connectivity index (χ0n) is 11.1. The van der Waals surface area contributed by atoms with E-state index in [9.17, 15) is 5.11 Å². The van der Waals surface area contributed by atoms with E-state index < -0.39 is 0 Å². The summed E-state index contributed by atoms with van der Waals surface area (Å²) in [4.78, 5) is 8.98. The van der Waals surface area contributed by atoms with Crippen molar-refractivity contribution >= 4 is 22.9 Å². The second-order valence-corrected chi connectivity index (χ2v) is 4.90. The number of phenols is 1. The lowest BCUT2D eigenvalue weighted by molar-refractivity contribution is 0.472. The lowest BCUT2D eigenvalue weighted by Crippen LogP contribution is -2.31. The zero-order valence-corrected chi connectivity index (χ0v) is 11.1. The summed E-state index contributed by atoms with van der Waals surface area (Å²) < 4.78 is 1.97. The standard InChI is InChI=1S/C15H13N5O/c16-14-18-13(9-4-3-5-10(21)8-9)20-12-7-2-1-6-11(12)17-15(20)19-14/h1-8,13,21H,(H3,16,17,18,19)/t13-/m1/s1. The summed E-state index contributed by atoms with van der Waals surface area (Å²) in [5, 5.41) is 12.7. The number of hydrogen-bond acceptors (Lipinski definition) is 5. The minimum absolute atomic E-state index is 0.200. The molecule has 0 saturated heterocycles. The number of rotatable bonds is 1. The zero-order chi connectivity index (χ0) is 14.4. The van der Waals surface area contributed by atoms with E-state index in [-0.39, 0.29) is 11.9 Å². The Bertz CT molecular complexity index is 867. The molecule has 0 spiro atoms. The summed E-state index contributed by atoms with van der Waals surface area (Å²) >= 11 is 0. The molecule has 2 heterocycles. The van der Waals surface area contributed by atoms with Gasteiger partial charge in [0.2, 0.25) is 5.95 Å². The maximum Gasteiger partial charge on any atom is 0.212 e. The van der Waals surface area contributed by atoms with Crippen molar-refractivity contribution in [2.24, 2.45) is 10.7 Å². The number of phenolic OH excluding ortho intramolecular Hbond substituents is 1. The molecule has 1 atom stereocenters. The van der Waals surface area contributed by atoms with Gasteiger partial charge in [-0.1, -0.05) is 24.3 Å². The first-order valence-corrected chi connectivity index (χ1v) is 6.58. The second-order valence-electron chi connectivity index (χ2n) is 4.90. The second kappa shape index (κ2) is 4.24. The van der Waals surface area contributed by atoms with Gasteiger partial charge in [-0.05, 0) is 24.3 Å². The molecule has 2 aromatic carbocycles. The predicted octanol–water partition coefficient (Wildman–Crippen LogP) is 2.03. The Morgan fingerprint density at radius 1 is 1.14 bits per heavy atom. The summed E-state index contributed by atoms with van der Waals surface area (Å²) in [5.74, 6) is 1.16. The van der Waals surface area contributed by atoms with Crippen molar-refractivity contribution in [3.05, 3.63) is 54.1 Å². The Kier molecular flexibility index (Phi) is 2.38. The Balaban J connectivity index is 1.97. The molecule has 4 rings (SSSR count). The van der Waals surface area contributed by atoms with E-state index >= 15 is 0 Å². The van der Waals surface area contributed by atoms with Gasteiger partial charge in [-0.15, -0.1) is 0 Å². The first-order valence-electron chi connectivity index (χ1n) is 6.58. The summed E-state index contributed by atoms with van der Waals surface area (Å²) in [6.45, 7) is 0. The molecule has 1 aliphatic heterocycles. The largest absolute Gasteiger partial charge is 0.508 e. The monoisotopic (exact) mass is 279 g/mol. The van der Waals surface area contributed by atoms with Gasteiger partial charge in [0.15, 0.2) is 12.1 Å². The van der Waals surface area contributed by atoms with Crippen molar-refractivity contribution in [3.8, 4) is 5.75 Å². The van der Waals surface area contributed by atoms with Crippen LogP contribution in [0.15, 0.2) is 53.5 Å². The number of guanidine groups is 1. The fourth-order valence-electron chi connectivity index (χ4n) is 2.63. The molecule has 6 nitrogen and oxygen atoms in total. The molecule has 21 heavy (non-hydrogen) atoms. The van der Waals surface area contributed by atoms with Crippen molar-refractivity contribution in [2.75, 3.05) is 5.32 Å². The summed E-state index contributed by atoms with van der Waals surface area (Å²) in [6.07, 6.45) is -0.347. The number of nitrogens with one attached hydrogen (secondary N) is 1. The van der Waals surface area contributed by atoms with E-state index in [0.29, 0.717) is 11.9 Å². The van der Waals surface area contributed by atoms with E-state index in [4.69, 9.17) is 5.73 Å². The van der Waals surface area contributed by atoms with Crippen molar-refractivity contribution in [1.29, 1.82) is 0 Å². The molecule has 4 N–H and O–H groups in total. The highest BCUT2D eigenvalue weighted by molar-refractivity contribution is 5.94. The SMILES string of the molecule is NC1=N[C@@H](c2cccc(O)c2)n2c(nc3ccccc32)N1. The molecule has 3 aromatic rings. The molecule has 0 unspecified atom stereocenters. The van der Waals surface area contributed by atoms with Gasteiger partial charge in [0.1, 0.15) is 5.75 Å². The van der Waals surface area contributed by atoms with Crippen LogP contribution in [0.2, 0.25) is 0 Å². The highest BCUT2D eigenvalue weighted by Crippen LogP contribution is 2.33. The van der Waals surface area contributed by atoms with Crippen molar-refractivity contribution in [1.82, 2.24) is 9.55 Å². The van der Waals surface area contributed by atoms with Crippen LogP contribution >= 0.6 is 0 Å².